The number of amides is 2. The lowest BCUT2D eigenvalue weighted by Gasteiger charge is -2.29. The van der Waals surface area contributed by atoms with Gasteiger partial charge in [-0.1, -0.05) is 0 Å². The second-order valence-electron chi connectivity index (χ2n) is 7.26. The van der Waals surface area contributed by atoms with Crippen LogP contribution >= 0.6 is 11.8 Å². The number of hydrogen-bond acceptors (Lipinski definition) is 5. The average Bonchev–Trinajstić information content (AvgIpc) is 3.36. The number of carbonyl (C=O) groups is 2. The summed E-state index contributed by atoms with van der Waals surface area (Å²) in [6.07, 6.45) is 2.56. The van der Waals surface area contributed by atoms with Crippen LogP contribution in [0.15, 0.2) is 47.1 Å². The summed E-state index contributed by atoms with van der Waals surface area (Å²) < 4.78 is 18.6. The van der Waals surface area contributed by atoms with Gasteiger partial charge in [-0.05, 0) is 42.8 Å². The summed E-state index contributed by atoms with van der Waals surface area (Å²) in [6.45, 7) is 4.26. The maximum Gasteiger partial charge on any atom is 0.255 e. The van der Waals surface area contributed by atoms with Crippen molar-refractivity contribution in [1.82, 2.24) is 14.7 Å². The molecule has 1 aromatic carbocycles. The predicted octanol–water partition coefficient (Wildman–Crippen LogP) is 2.67. The van der Waals surface area contributed by atoms with Crippen LogP contribution < -0.4 is 0 Å². The lowest BCUT2D eigenvalue weighted by atomic mass is 10.2. The first-order chi connectivity index (χ1) is 14.1. The average molecular weight is 418 g/mol. The van der Waals surface area contributed by atoms with E-state index in [1.807, 2.05) is 17.0 Å². The van der Waals surface area contributed by atoms with E-state index in [9.17, 15) is 14.0 Å². The maximum atomic E-state index is 13.2. The van der Waals surface area contributed by atoms with Gasteiger partial charge in [-0.25, -0.2) is 4.39 Å². The van der Waals surface area contributed by atoms with Crippen molar-refractivity contribution in [3.05, 3.63) is 59.8 Å². The molecule has 2 aliphatic rings. The molecule has 3 heterocycles. The Morgan fingerprint density at radius 3 is 2.66 bits per heavy atom. The molecule has 2 aromatic rings. The van der Waals surface area contributed by atoms with Crippen molar-refractivity contribution in [2.75, 3.05) is 38.5 Å². The number of nitrogens with zero attached hydrogens (tertiary/aromatic N) is 3. The van der Waals surface area contributed by atoms with Crippen LogP contribution in [0, 0.1) is 5.82 Å². The van der Waals surface area contributed by atoms with Gasteiger partial charge in [0.05, 0.1) is 12.8 Å². The molecule has 1 unspecified atom stereocenters. The van der Waals surface area contributed by atoms with Crippen LogP contribution in [0.2, 0.25) is 0 Å². The Balaban J connectivity index is 1.38. The zero-order chi connectivity index (χ0) is 20.2. The summed E-state index contributed by atoms with van der Waals surface area (Å²) in [5.41, 5.74) is 0.409. The van der Waals surface area contributed by atoms with Gasteiger partial charge in [0.1, 0.15) is 11.6 Å². The predicted molar refractivity (Wildman–Crippen MR) is 109 cm³/mol. The lowest BCUT2D eigenvalue weighted by molar-refractivity contribution is -0.132. The Morgan fingerprint density at radius 2 is 1.90 bits per heavy atom. The van der Waals surface area contributed by atoms with Gasteiger partial charge in [0.2, 0.25) is 0 Å². The zero-order valence-electron chi connectivity index (χ0n) is 16.1. The quantitative estimate of drug-likeness (QED) is 0.766. The molecule has 4 rings (SSSR count). The molecule has 0 bridgehead atoms. The third-order valence-electron chi connectivity index (χ3n) is 5.31. The number of hydrogen-bond donors (Lipinski definition) is 0. The topological polar surface area (TPSA) is 57.0 Å². The van der Waals surface area contributed by atoms with Crippen LogP contribution in [-0.2, 0) is 11.3 Å². The van der Waals surface area contributed by atoms with Crippen molar-refractivity contribution in [3.63, 3.8) is 0 Å². The molecule has 6 nitrogen and oxygen atoms in total. The van der Waals surface area contributed by atoms with Crippen molar-refractivity contribution in [2.24, 2.45) is 0 Å². The van der Waals surface area contributed by atoms with E-state index in [2.05, 4.69) is 4.90 Å². The maximum absolute atomic E-state index is 13.2. The normalized spacial score (nSPS) is 20.7. The van der Waals surface area contributed by atoms with Crippen molar-refractivity contribution in [1.29, 1.82) is 0 Å². The number of benzene rings is 1. The van der Waals surface area contributed by atoms with Crippen LogP contribution in [0.5, 0.6) is 0 Å². The van der Waals surface area contributed by atoms with Gasteiger partial charge in [-0.2, -0.15) is 0 Å². The number of carbonyl (C=O) groups excluding carboxylic acids is 2. The Bertz CT molecular complexity index is 843. The smallest absolute Gasteiger partial charge is 0.255 e. The Morgan fingerprint density at radius 1 is 1.07 bits per heavy atom. The monoisotopic (exact) mass is 417 g/mol. The minimum Gasteiger partial charge on any atom is -0.468 e. The molecule has 2 amide bonds. The molecular formula is C21H24FN3O3S. The van der Waals surface area contributed by atoms with Gasteiger partial charge in [0, 0.05) is 44.0 Å². The number of halogens is 1. The first-order valence-corrected chi connectivity index (χ1v) is 10.9. The van der Waals surface area contributed by atoms with E-state index in [-0.39, 0.29) is 17.6 Å². The van der Waals surface area contributed by atoms with Crippen LogP contribution in [0.25, 0.3) is 0 Å². The standard InChI is InChI=1S/C21H24FN3O3S/c22-17-6-4-16(5-7-17)19(26)25-12-14-29-21(25)20(27)24-9-2-8-23(10-11-24)15-18-3-1-13-28-18/h1,3-7,13,21H,2,8-12,14-15H2. The third-order valence-corrected chi connectivity index (χ3v) is 6.50. The fourth-order valence-electron chi connectivity index (χ4n) is 3.77. The summed E-state index contributed by atoms with van der Waals surface area (Å²) in [5.74, 6) is 1.04. The second-order valence-corrected chi connectivity index (χ2v) is 8.45. The Kier molecular flexibility index (Phi) is 6.20. The van der Waals surface area contributed by atoms with Crippen LogP contribution in [0.4, 0.5) is 4.39 Å². The summed E-state index contributed by atoms with van der Waals surface area (Å²) in [6, 6.07) is 9.33. The number of furan rings is 1. The van der Waals surface area contributed by atoms with E-state index in [0.29, 0.717) is 25.2 Å². The van der Waals surface area contributed by atoms with Gasteiger partial charge < -0.3 is 14.2 Å². The van der Waals surface area contributed by atoms with Crippen molar-refractivity contribution in [2.45, 2.75) is 18.3 Å². The largest absolute Gasteiger partial charge is 0.468 e. The minimum absolute atomic E-state index is 0.0113. The highest BCUT2D eigenvalue weighted by molar-refractivity contribution is 8.00. The molecule has 1 aromatic heterocycles. The first-order valence-electron chi connectivity index (χ1n) is 9.83. The van der Waals surface area contributed by atoms with Gasteiger partial charge in [-0.3, -0.25) is 14.5 Å². The highest BCUT2D eigenvalue weighted by Crippen LogP contribution is 2.28. The van der Waals surface area contributed by atoms with E-state index < -0.39 is 5.37 Å². The molecule has 0 saturated carbocycles. The van der Waals surface area contributed by atoms with Gasteiger partial charge >= 0.3 is 0 Å². The molecule has 8 heteroatoms. The summed E-state index contributed by atoms with van der Waals surface area (Å²) in [5, 5.41) is -0.510. The van der Waals surface area contributed by atoms with Gasteiger partial charge in [0.15, 0.2) is 5.37 Å². The summed E-state index contributed by atoms with van der Waals surface area (Å²) in [7, 11) is 0. The minimum atomic E-state index is -0.510. The van der Waals surface area contributed by atoms with Crippen LogP contribution in [-0.4, -0.2) is 70.4 Å². The van der Waals surface area contributed by atoms with E-state index >= 15 is 0 Å². The highest BCUT2D eigenvalue weighted by atomic mass is 32.2. The molecule has 29 heavy (non-hydrogen) atoms. The zero-order valence-corrected chi connectivity index (χ0v) is 16.9. The summed E-state index contributed by atoms with van der Waals surface area (Å²) in [4.78, 5) is 31.8. The molecule has 0 N–H and O–H groups in total. The fourth-order valence-corrected chi connectivity index (χ4v) is 4.97. The van der Waals surface area contributed by atoms with Crippen molar-refractivity contribution >= 4 is 23.6 Å². The molecule has 0 spiro atoms. The van der Waals surface area contributed by atoms with Gasteiger partial charge in [-0.15, -0.1) is 11.8 Å². The second kappa shape index (κ2) is 9.00. The molecule has 2 fully saturated rings. The molecule has 0 aliphatic carbocycles. The first kappa shape index (κ1) is 20.0. The number of thioether (sulfide) groups is 1. The van der Waals surface area contributed by atoms with Crippen LogP contribution in [0.1, 0.15) is 22.5 Å². The summed E-state index contributed by atoms with van der Waals surface area (Å²) >= 11 is 1.50. The van der Waals surface area contributed by atoms with E-state index in [1.54, 1.807) is 11.2 Å². The fraction of sp³-hybridized carbons (Fsp3) is 0.429. The molecule has 2 saturated heterocycles. The van der Waals surface area contributed by atoms with Crippen LogP contribution in [0.3, 0.4) is 0 Å². The highest BCUT2D eigenvalue weighted by Gasteiger charge is 2.38. The molecule has 1 atom stereocenters. The molecular weight excluding hydrogens is 393 g/mol. The van der Waals surface area contributed by atoms with E-state index in [4.69, 9.17) is 4.42 Å². The molecule has 2 aliphatic heterocycles. The van der Waals surface area contributed by atoms with Crippen molar-refractivity contribution < 1.29 is 18.4 Å². The van der Waals surface area contributed by atoms with E-state index in [0.717, 1.165) is 37.6 Å². The SMILES string of the molecule is O=C(C1SCCN1C(=O)c1ccc(F)cc1)N1CCCN(Cc2ccco2)CC1. The Hall–Kier alpha value is -2.32. The third kappa shape index (κ3) is 4.64. The molecule has 0 radical (unpaired) electrons. The lowest BCUT2D eigenvalue weighted by Crippen LogP contribution is -2.47. The molecule has 154 valence electrons. The van der Waals surface area contributed by atoms with E-state index in [1.165, 1.54) is 36.0 Å². The van der Waals surface area contributed by atoms with Crippen molar-refractivity contribution in [3.8, 4) is 0 Å². The Labute approximate surface area is 173 Å². The number of rotatable bonds is 4. The van der Waals surface area contributed by atoms with Gasteiger partial charge in [0.25, 0.3) is 11.8 Å².